The van der Waals surface area contributed by atoms with Crippen molar-refractivity contribution in [3.63, 3.8) is 0 Å². The molecule has 3 rings (SSSR count). The van der Waals surface area contributed by atoms with Crippen molar-refractivity contribution >= 4 is 10.9 Å². The summed E-state index contributed by atoms with van der Waals surface area (Å²) in [7, 11) is 0. The van der Waals surface area contributed by atoms with Gasteiger partial charge in [-0.05, 0) is 34.4 Å². The molecule has 0 N–H and O–H groups in total. The van der Waals surface area contributed by atoms with E-state index < -0.39 is 0 Å². The fourth-order valence-electron chi connectivity index (χ4n) is 2.93. The highest BCUT2D eigenvalue weighted by Crippen LogP contribution is 2.34. The van der Waals surface area contributed by atoms with Crippen LogP contribution in [0.15, 0.2) is 24.3 Å². The van der Waals surface area contributed by atoms with Gasteiger partial charge in [-0.1, -0.05) is 46.8 Å². The normalized spacial score (nSPS) is 16.9. The predicted octanol–water partition coefficient (Wildman–Crippen LogP) is 4.63. The lowest BCUT2D eigenvalue weighted by molar-refractivity contribution is -0.0226. The largest absolute Gasteiger partial charge is 0.377 e. The third-order valence-electron chi connectivity index (χ3n) is 4.31. The number of hydrogen-bond donors (Lipinski definition) is 0. The number of hydrogen-bond acceptors (Lipinski definition) is 1. The van der Waals surface area contributed by atoms with Crippen molar-refractivity contribution in [3.8, 4) is 0 Å². The molecular weight excluding hydrogens is 246 g/mol. The second kappa shape index (κ2) is 4.63. The molecule has 1 fully saturated rings. The van der Waals surface area contributed by atoms with Crippen molar-refractivity contribution in [1.82, 2.24) is 4.57 Å². The summed E-state index contributed by atoms with van der Waals surface area (Å²) < 4.78 is 7.93. The van der Waals surface area contributed by atoms with E-state index in [1.807, 2.05) is 0 Å². The van der Waals surface area contributed by atoms with Crippen LogP contribution in [0, 0.1) is 0 Å². The second-order valence-corrected chi connectivity index (χ2v) is 7.31. The number of nitrogens with zero attached hydrogens (tertiary/aromatic N) is 1. The summed E-state index contributed by atoms with van der Waals surface area (Å²) in [6.45, 7) is 13.1. The Kier molecular flexibility index (Phi) is 3.17. The van der Waals surface area contributed by atoms with E-state index >= 15 is 0 Å². The first-order chi connectivity index (χ1) is 9.38. The average molecular weight is 271 g/mol. The first kappa shape index (κ1) is 13.7. The number of ether oxygens (including phenoxy) is 1. The molecule has 0 spiro atoms. The maximum absolute atomic E-state index is 5.42. The Labute approximate surface area is 121 Å². The lowest BCUT2D eigenvalue weighted by Gasteiger charge is -2.31. The van der Waals surface area contributed by atoms with Gasteiger partial charge >= 0.3 is 0 Å². The minimum Gasteiger partial charge on any atom is -0.377 e. The quantitative estimate of drug-likeness (QED) is 0.776. The van der Waals surface area contributed by atoms with Crippen LogP contribution in [0.3, 0.4) is 0 Å². The molecule has 0 bridgehead atoms. The van der Waals surface area contributed by atoms with Crippen LogP contribution in [-0.4, -0.2) is 17.8 Å². The van der Waals surface area contributed by atoms with Gasteiger partial charge in [0.05, 0.1) is 19.3 Å². The third kappa shape index (κ3) is 2.16. The van der Waals surface area contributed by atoms with Gasteiger partial charge in [0, 0.05) is 11.2 Å². The van der Waals surface area contributed by atoms with E-state index in [1.165, 1.54) is 22.2 Å². The van der Waals surface area contributed by atoms with Gasteiger partial charge < -0.3 is 9.30 Å². The molecule has 1 aliphatic heterocycles. The Balaban J connectivity index is 2.21. The summed E-state index contributed by atoms with van der Waals surface area (Å²) in [5.41, 5.74) is 4.39. The van der Waals surface area contributed by atoms with E-state index in [2.05, 4.69) is 63.5 Å². The summed E-state index contributed by atoms with van der Waals surface area (Å²) in [6.07, 6.45) is 0. The van der Waals surface area contributed by atoms with Crippen molar-refractivity contribution in [2.45, 2.75) is 52.0 Å². The Morgan fingerprint density at radius 2 is 1.85 bits per heavy atom. The van der Waals surface area contributed by atoms with E-state index in [-0.39, 0.29) is 5.41 Å². The lowest BCUT2D eigenvalue weighted by Crippen LogP contribution is -2.31. The van der Waals surface area contributed by atoms with E-state index in [1.54, 1.807) is 0 Å². The SMILES string of the molecule is CC(C)c1cc2ccc(C(C)(C)C)cc2n1C1COC1. The number of fused-ring (bicyclic) bond motifs is 1. The second-order valence-electron chi connectivity index (χ2n) is 7.31. The molecule has 2 heterocycles. The van der Waals surface area contributed by atoms with Crippen LogP contribution in [0.5, 0.6) is 0 Å². The zero-order valence-corrected chi connectivity index (χ0v) is 13.2. The minimum atomic E-state index is 0.192. The third-order valence-corrected chi connectivity index (χ3v) is 4.31. The molecule has 108 valence electrons. The van der Waals surface area contributed by atoms with Crippen LogP contribution >= 0.6 is 0 Å². The Hall–Kier alpha value is -1.28. The van der Waals surface area contributed by atoms with Gasteiger partial charge in [-0.3, -0.25) is 0 Å². The van der Waals surface area contributed by atoms with Crippen molar-refractivity contribution < 1.29 is 4.74 Å². The standard InChI is InChI=1S/C18H25NO/c1-12(2)16-8-13-6-7-14(18(3,4)5)9-17(13)19(16)15-10-20-11-15/h6-9,12,15H,10-11H2,1-5H3. The molecule has 0 saturated carbocycles. The molecule has 2 nitrogen and oxygen atoms in total. The van der Waals surface area contributed by atoms with Crippen LogP contribution in [0.1, 0.15) is 57.8 Å². The number of aromatic nitrogens is 1. The topological polar surface area (TPSA) is 14.2 Å². The van der Waals surface area contributed by atoms with Crippen molar-refractivity contribution in [3.05, 3.63) is 35.5 Å². The molecule has 2 aromatic rings. The van der Waals surface area contributed by atoms with Gasteiger partial charge in [-0.15, -0.1) is 0 Å². The molecule has 0 unspecified atom stereocenters. The maximum atomic E-state index is 5.42. The van der Waals surface area contributed by atoms with Crippen LogP contribution in [0.4, 0.5) is 0 Å². The van der Waals surface area contributed by atoms with E-state index in [9.17, 15) is 0 Å². The highest BCUT2D eigenvalue weighted by molar-refractivity contribution is 5.82. The van der Waals surface area contributed by atoms with Gasteiger partial charge in [0.2, 0.25) is 0 Å². The molecule has 0 radical (unpaired) electrons. The van der Waals surface area contributed by atoms with Gasteiger partial charge in [0.25, 0.3) is 0 Å². The van der Waals surface area contributed by atoms with Crippen molar-refractivity contribution in [2.24, 2.45) is 0 Å². The Morgan fingerprint density at radius 1 is 1.15 bits per heavy atom. The van der Waals surface area contributed by atoms with Crippen LogP contribution in [0.2, 0.25) is 0 Å². The smallest absolute Gasteiger partial charge is 0.0806 e. The number of benzene rings is 1. The Bertz CT molecular complexity index is 627. The fraction of sp³-hybridized carbons (Fsp3) is 0.556. The maximum Gasteiger partial charge on any atom is 0.0806 e. The molecule has 1 aromatic carbocycles. The van der Waals surface area contributed by atoms with Crippen LogP contribution in [-0.2, 0) is 10.2 Å². The predicted molar refractivity (Wildman–Crippen MR) is 84.6 cm³/mol. The Morgan fingerprint density at radius 3 is 2.35 bits per heavy atom. The summed E-state index contributed by atoms with van der Waals surface area (Å²) in [5, 5.41) is 1.36. The van der Waals surface area contributed by atoms with E-state index in [4.69, 9.17) is 4.74 Å². The summed E-state index contributed by atoms with van der Waals surface area (Å²) in [6, 6.07) is 9.79. The van der Waals surface area contributed by atoms with Crippen LogP contribution < -0.4 is 0 Å². The fourth-order valence-corrected chi connectivity index (χ4v) is 2.93. The summed E-state index contributed by atoms with van der Waals surface area (Å²) in [4.78, 5) is 0. The molecule has 1 saturated heterocycles. The average Bonchev–Trinajstić information content (AvgIpc) is 2.65. The van der Waals surface area contributed by atoms with E-state index in [0.717, 1.165) is 13.2 Å². The molecule has 1 aliphatic rings. The van der Waals surface area contributed by atoms with Gasteiger partial charge in [-0.25, -0.2) is 0 Å². The molecule has 0 amide bonds. The zero-order chi connectivity index (χ0) is 14.5. The van der Waals surface area contributed by atoms with Gasteiger partial charge in [0.15, 0.2) is 0 Å². The first-order valence-corrected chi connectivity index (χ1v) is 7.61. The molecule has 0 atom stereocenters. The highest BCUT2D eigenvalue weighted by atomic mass is 16.5. The molecule has 2 heteroatoms. The highest BCUT2D eigenvalue weighted by Gasteiger charge is 2.26. The van der Waals surface area contributed by atoms with Gasteiger partial charge in [-0.2, -0.15) is 0 Å². The molecular formula is C18H25NO. The summed E-state index contributed by atoms with van der Waals surface area (Å²) >= 11 is 0. The van der Waals surface area contributed by atoms with Crippen LogP contribution in [0.25, 0.3) is 10.9 Å². The molecule has 1 aromatic heterocycles. The molecule has 0 aliphatic carbocycles. The minimum absolute atomic E-state index is 0.192. The monoisotopic (exact) mass is 271 g/mol. The summed E-state index contributed by atoms with van der Waals surface area (Å²) in [5.74, 6) is 0.543. The van der Waals surface area contributed by atoms with Crippen molar-refractivity contribution in [2.75, 3.05) is 13.2 Å². The van der Waals surface area contributed by atoms with Gasteiger partial charge in [0.1, 0.15) is 0 Å². The van der Waals surface area contributed by atoms with Crippen molar-refractivity contribution in [1.29, 1.82) is 0 Å². The number of rotatable bonds is 2. The molecule has 20 heavy (non-hydrogen) atoms. The van der Waals surface area contributed by atoms with E-state index in [0.29, 0.717) is 12.0 Å². The zero-order valence-electron chi connectivity index (χ0n) is 13.2. The lowest BCUT2D eigenvalue weighted by atomic mass is 9.87. The first-order valence-electron chi connectivity index (χ1n) is 7.61.